The van der Waals surface area contributed by atoms with E-state index in [1.807, 2.05) is 45.0 Å². The molecule has 1 N–H and O–H groups in total. The topological polar surface area (TPSA) is 38.3 Å². The van der Waals surface area contributed by atoms with Gasteiger partial charge in [-0.1, -0.05) is 24.8 Å². The Balaban J connectivity index is 2.82. The zero-order chi connectivity index (χ0) is 13.1. The van der Waals surface area contributed by atoms with Crippen molar-refractivity contribution in [3.63, 3.8) is 0 Å². The minimum absolute atomic E-state index is 0.456. The average Bonchev–Trinajstić information content (AvgIpc) is 2.14. The van der Waals surface area contributed by atoms with Crippen molar-refractivity contribution in [2.24, 2.45) is 0 Å². The van der Waals surface area contributed by atoms with Gasteiger partial charge in [0.1, 0.15) is 5.60 Å². The third kappa shape index (κ3) is 4.77. The minimum Gasteiger partial charge on any atom is -0.444 e. The van der Waals surface area contributed by atoms with E-state index in [0.29, 0.717) is 5.69 Å². The number of hydrogen-bond acceptors (Lipinski definition) is 2. The van der Waals surface area contributed by atoms with Crippen LogP contribution in [0.15, 0.2) is 30.8 Å². The Morgan fingerprint density at radius 2 is 1.94 bits per heavy atom. The van der Waals surface area contributed by atoms with Crippen LogP contribution >= 0.6 is 22.6 Å². The number of hydrogen-bond donors (Lipinski definition) is 1. The van der Waals surface area contributed by atoms with E-state index < -0.39 is 11.7 Å². The molecule has 1 rings (SSSR count). The molecule has 0 fully saturated rings. The Bertz CT molecular complexity index is 435. The number of carbonyl (C=O) groups excluding carboxylic acids is 1. The summed E-state index contributed by atoms with van der Waals surface area (Å²) in [6.45, 7) is 9.35. The molecule has 0 spiro atoms. The SMILES string of the molecule is C=C(I)c1ccccc1NC(=O)OC(C)(C)C. The van der Waals surface area contributed by atoms with E-state index in [1.165, 1.54) is 0 Å². The van der Waals surface area contributed by atoms with Crippen LogP contribution in [0.4, 0.5) is 10.5 Å². The zero-order valence-corrected chi connectivity index (χ0v) is 12.4. The average molecular weight is 345 g/mol. The van der Waals surface area contributed by atoms with Gasteiger partial charge < -0.3 is 4.74 Å². The molecule has 0 bridgehead atoms. The molecule has 0 atom stereocenters. The van der Waals surface area contributed by atoms with Gasteiger partial charge in [-0.25, -0.2) is 4.79 Å². The third-order valence-electron chi connectivity index (χ3n) is 1.85. The highest BCUT2D eigenvalue weighted by Gasteiger charge is 2.17. The lowest BCUT2D eigenvalue weighted by atomic mass is 10.2. The summed E-state index contributed by atoms with van der Waals surface area (Å²) in [5.74, 6) is 0. The molecule has 1 amide bonds. The molecule has 0 heterocycles. The van der Waals surface area contributed by atoms with E-state index >= 15 is 0 Å². The molecule has 3 nitrogen and oxygen atoms in total. The fraction of sp³-hybridized carbons (Fsp3) is 0.308. The summed E-state index contributed by atoms with van der Waals surface area (Å²) in [5.41, 5.74) is 1.11. The maximum atomic E-state index is 11.6. The van der Waals surface area contributed by atoms with Gasteiger partial charge in [0, 0.05) is 9.14 Å². The van der Waals surface area contributed by atoms with Crippen LogP contribution in [0.25, 0.3) is 3.58 Å². The van der Waals surface area contributed by atoms with Crippen molar-refractivity contribution < 1.29 is 9.53 Å². The molecule has 0 radical (unpaired) electrons. The lowest BCUT2D eigenvalue weighted by Gasteiger charge is -2.20. The summed E-state index contributed by atoms with van der Waals surface area (Å²) >= 11 is 2.12. The molecule has 0 aromatic heterocycles. The van der Waals surface area contributed by atoms with Crippen LogP contribution in [0, 0.1) is 0 Å². The van der Waals surface area contributed by atoms with Crippen molar-refractivity contribution in [3.05, 3.63) is 36.4 Å². The second kappa shape index (κ2) is 5.53. The Morgan fingerprint density at radius 3 is 2.47 bits per heavy atom. The molecule has 0 aliphatic carbocycles. The van der Waals surface area contributed by atoms with Crippen molar-refractivity contribution >= 4 is 38.0 Å². The molecule has 1 aromatic carbocycles. The number of nitrogens with one attached hydrogen (secondary N) is 1. The molecule has 17 heavy (non-hydrogen) atoms. The lowest BCUT2D eigenvalue weighted by Crippen LogP contribution is -2.27. The van der Waals surface area contributed by atoms with Gasteiger partial charge in [-0.05, 0) is 49.4 Å². The smallest absolute Gasteiger partial charge is 0.412 e. The molecular weight excluding hydrogens is 329 g/mol. The van der Waals surface area contributed by atoms with Gasteiger partial charge in [0.2, 0.25) is 0 Å². The van der Waals surface area contributed by atoms with Crippen LogP contribution in [0.2, 0.25) is 0 Å². The highest BCUT2D eigenvalue weighted by atomic mass is 127. The van der Waals surface area contributed by atoms with E-state index in [4.69, 9.17) is 4.74 Å². The normalized spacial score (nSPS) is 10.8. The largest absolute Gasteiger partial charge is 0.444 e. The first-order valence-electron chi connectivity index (χ1n) is 5.23. The van der Waals surface area contributed by atoms with Crippen LogP contribution in [-0.4, -0.2) is 11.7 Å². The number of anilines is 1. The molecule has 0 saturated carbocycles. The molecule has 4 heteroatoms. The summed E-state index contributed by atoms with van der Waals surface area (Å²) in [7, 11) is 0. The fourth-order valence-corrected chi connectivity index (χ4v) is 1.71. The molecule has 0 aliphatic rings. The van der Waals surface area contributed by atoms with Crippen molar-refractivity contribution in [1.82, 2.24) is 0 Å². The summed E-state index contributed by atoms with van der Waals surface area (Å²) in [5, 5.41) is 2.72. The van der Waals surface area contributed by atoms with Crippen molar-refractivity contribution in [1.29, 1.82) is 0 Å². The number of halogens is 1. The number of ether oxygens (including phenoxy) is 1. The van der Waals surface area contributed by atoms with Gasteiger partial charge in [-0.15, -0.1) is 0 Å². The van der Waals surface area contributed by atoms with E-state index in [2.05, 4.69) is 34.5 Å². The van der Waals surface area contributed by atoms with Gasteiger partial charge in [0.25, 0.3) is 0 Å². The second-order valence-corrected chi connectivity index (χ2v) is 5.88. The summed E-state index contributed by atoms with van der Waals surface area (Å²) in [6.07, 6.45) is -0.456. The van der Waals surface area contributed by atoms with E-state index in [1.54, 1.807) is 0 Å². The van der Waals surface area contributed by atoms with Gasteiger partial charge in [0.05, 0.1) is 5.69 Å². The van der Waals surface area contributed by atoms with Crippen molar-refractivity contribution in [2.45, 2.75) is 26.4 Å². The van der Waals surface area contributed by atoms with Gasteiger partial charge in [-0.3, -0.25) is 5.32 Å². The Labute approximate surface area is 115 Å². The monoisotopic (exact) mass is 345 g/mol. The second-order valence-electron chi connectivity index (χ2n) is 4.58. The van der Waals surface area contributed by atoms with Crippen molar-refractivity contribution in [2.75, 3.05) is 5.32 Å². The lowest BCUT2D eigenvalue weighted by molar-refractivity contribution is 0.0636. The predicted octanol–water partition coefficient (Wildman–Crippen LogP) is 4.44. The molecule has 0 unspecified atom stereocenters. The first kappa shape index (κ1) is 14.0. The van der Waals surface area contributed by atoms with Crippen LogP contribution < -0.4 is 5.32 Å². The molecular formula is C13H16INO2. The van der Waals surface area contributed by atoms with Gasteiger partial charge >= 0.3 is 6.09 Å². The van der Waals surface area contributed by atoms with Crippen LogP contribution in [0.1, 0.15) is 26.3 Å². The first-order chi connectivity index (χ1) is 7.79. The maximum Gasteiger partial charge on any atom is 0.412 e. The highest BCUT2D eigenvalue weighted by Crippen LogP contribution is 2.27. The molecule has 92 valence electrons. The number of para-hydroxylation sites is 1. The third-order valence-corrected chi connectivity index (χ3v) is 2.44. The van der Waals surface area contributed by atoms with Crippen LogP contribution in [0.5, 0.6) is 0 Å². The van der Waals surface area contributed by atoms with E-state index in [0.717, 1.165) is 9.14 Å². The first-order valence-corrected chi connectivity index (χ1v) is 6.31. The van der Waals surface area contributed by atoms with E-state index in [9.17, 15) is 4.79 Å². The summed E-state index contributed by atoms with van der Waals surface area (Å²) < 4.78 is 6.06. The quantitative estimate of drug-likeness (QED) is 0.805. The highest BCUT2D eigenvalue weighted by molar-refractivity contribution is 14.1. The summed E-state index contributed by atoms with van der Waals surface area (Å²) in [4.78, 5) is 11.6. The Kier molecular flexibility index (Phi) is 4.56. The maximum absolute atomic E-state index is 11.6. The number of carbonyl (C=O) groups is 1. The Hall–Kier alpha value is -1.04. The summed E-state index contributed by atoms with van der Waals surface area (Å²) in [6, 6.07) is 7.49. The standard InChI is InChI=1S/C13H16INO2/c1-9(14)10-7-5-6-8-11(10)15-12(16)17-13(2,3)4/h5-8H,1H2,2-4H3,(H,15,16). The molecule has 1 aromatic rings. The fourth-order valence-electron chi connectivity index (χ4n) is 1.24. The predicted molar refractivity (Wildman–Crippen MR) is 79.4 cm³/mol. The number of amides is 1. The Morgan fingerprint density at radius 1 is 1.35 bits per heavy atom. The van der Waals surface area contributed by atoms with Gasteiger partial charge in [0.15, 0.2) is 0 Å². The number of rotatable bonds is 2. The van der Waals surface area contributed by atoms with E-state index in [-0.39, 0.29) is 0 Å². The van der Waals surface area contributed by atoms with Crippen LogP contribution in [0.3, 0.4) is 0 Å². The zero-order valence-electron chi connectivity index (χ0n) is 10.2. The van der Waals surface area contributed by atoms with Crippen LogP contribution in [-0.2, 0) is 4.74 Å². The minimum atomic E-state index is -0.500. The molecule has 0 saturated heterocycles. The van der Waals surface area contributed by atoms with Crippen molar-refractivity contribution in [3.8, 4) is 0 Å². The van der Waals surface area contributed by atoms with Gasteiger partial charge in [-0.2, -0.15) is 0 Å². The molecule has 0 aliphatic heterocycles. The number of benzene rings is 1.